The Labute approximate surface area is 160 Å². The highest BCUT2D eigenvalue weighted by atomic mass is 15.3. The molecule has 2 aromatic rings. The number of anilines is 3. The van der Waals surface area contributed by atoms with Crippen LogP contribution in [-0.4, -0.2) is 59.4 Å². The summed E-state index contributed by atoms with van der Waals surface area (Å²) >= 11 is 0. The van der Waals surface area contributed by atoms with Crippen molar-refractivity contribution in [1.82, 2.24) is 20.2 Å². The number of aryl methyl sites for hydroxylation is 2. The highest BCUT2D eigenvalue weighted by Gasteiger charge is 2.22. The van der Waals surface area contributed by atoms with Crippen LogP contribution >= 0.6 is 0 Å². The zero-order chi connectivity index (χ0) is 18.1. The SMILES string of the molecule is c1cc(N2CCN(c3cc4c(nn3)CCCC4)CC2)nc(N2CCCC2)n1. The van der Waals surface area contributed by atoms with Gasteiger partial charge in [0.25, 0.3) is 0 Å². The molecule has 0 aromatic carbocycles. The van der Waals surface area contributed by atoms with E-state index in [-0.39, 0.29) is 0 Å². The number of fused-ring (bicyclic) bond motifs is 1. The molecule has 27 heavy (non-hydrogen) atoms. The third kappa shape index (κ3) is 3.42. The summed E-state index contributed by atoms with van der Waals surface area (Å²) in [6.45, 7) is 5.97. The quantitative estimate of drug-likeness (QED) is 0.825. The summed E-state index contributed by atoms with van der Waals surface area (Å²) in [7, 11) is 0. The molecule has 2 aromatic heterocycles. The number of aromatic nitrogens is 4. The Bertz CT molecular complexity index is 795. The Morgan fingerprint density at radius 1 is 0.704 bits per heavy atom. The Morgan fingerprint density at radius 2 is 1.44 bits per heavy atom. The van der Waals surface area contributed by atoms with E-state index in [0.717, 1.165) is 69.7 Å². The Balaban J connectivity index is 1.26. The minimum Gasteiger partial charge on any atom is -0.353 e. The van der Waals surface area contributed by atoms with E-state index in [2.05, 4.69) is 35.9 Å². The van der Waals surface area contributed by atoms with E-state index >= 15 is 0 Å². The van der Waals surface area contributed by atoms with Crippen LogP contribution in [0.1, 0.15) is 36.9 Å². The number of nitrogens with zero attached hydrogens (tertiary/aromatic N) is 7. The standard InChI is InChI=1S/C20H27N7/c1-2-6-17-16(5-1)15-19(24-23-17)26-13-11-25(12-14-26)18-7-8-21-20(22-18)27-9-3-4-10-27/h7-8,15H,1-6,9-14H2. The van der Waals surface area contributed by atoms with Gasteiger partial charge in [0.05, 0.1) is 5.69 Å². The van der Waals surface area contributed by atoms with Gasteiger partial charge in [0, 0.05) is 45.5 Å². The number of piperazine rings is 1. The zero-order valence-electron chi connectivity index (χ0n) is 15.8. The molecule has 7 nitrogen and oxygen atoms in total. The molecule has 0 spiro atoms. The second-order valence-electron chi connectivity index (χ2n) is 7.76. The highest BCUT2D eigenvalue weighted by molar-refractivity contribution is 5.48. The molecule has 0 amide bonds. The molecule has 0 N–H and O–H groups in total. The summed E-state index contributed by atoms with van der Waals surface area (Å²) in [6, 6.07) is 4.31. The van der Waals surface area contributed by atoms with E-state index in [4.69, 9.17) is 4.98 Å². The Kier molecular flexibility index (Phi) is 4.51. The molecule has 5 rings (SSSR count). The van der Waals surface area contributed by atoms with E-state index in [1.807, 2.05) is 12.3 Å². The van der Waals surface area contributed by atoms with Crippen LogP contribution in [0, 0.1) is 0 Å². The molecule has 4 heterocycles. The lowest BCUT2D eigenvalue weighted by molar-refractivity contribution is 0.622. The zero-order valence-corrected chi connectivity index (χ0v) is 15.8. The van der Waals surface area contributed by atoms with Crippen molar-refractivity contribution >= 4 is 17.6 Å². The number of hydrogen-bond acceptors (Lipinski definition) is 7. The molecule has 0 radical (unpaired) electrons. The second kappa shape index (κ2) is 7.29. The maximum absolute atomic E-state index is 4.83. The summed E-state index contributed by atoms with van der Waals surface area (Å²) in [5.74, 6) is 2.96. The predicted molar refractivity (Wildman–Crippen MR) is 107 cm³/mol. The van der Waals surface area contributed by atoms with E-state index in [9.17, 15) is 0 Å². The molecule has 0 unspecified atom stereocenters. The van der Waals surface area contributed by atoms with Gasteiger partial charge in [-0.05, 0) is 56.2 Å². The van der Waals surface area contributed by atoms with Crippen LogP contribution in [-0.2, 0) is 12.8 Å². The Morgan fingerprint density at radius 3 is 2.26 bits per heavy atom. The van der Waals surface area contributed by atoms with Crippen LogP contribution < -0.4 is 14.7 Å². The monoisotopic (exact) mass is 365 g/mol. The van der Waals surface area contributed by atoms with Gasteiger partial charge in [-0.2, -0.15) is 10.1 Å². The molecule has 7 heteroatoms. The first kappa shape index (κ1) is 16.7. The van der Waals surface area contributed by atoms with Crippen LogP contribution in [0.3, 0.4) is 0 Å². The van der Waals surface area contributed by atoms with Gasteiger partial charge in [0.15, 0.2) is 5.82 Å². The largest absolute Gasteiger partial charge is 0.353 e. The van der Waals surface area contributed by atoms with Crippen molar-refractivity contribution in [3.05, 3.63) is 29.6 Å². The van der Waals surface area contributed by atoms with Crippen LogP contribution in [0.5, 0.6) is 0 Å². The fourth-order valence-electron chi connectivity index (χ4n) is 4.38. The molecule has 2 fully saturated rings. The van der Waals surface area contributed by atoms with Gasteiger partial charge < -0.3 is 14.7 Å². The van der Waals surface area contributed by atoms with Crippen molar-refractivity contribution in [1.29, 1.82) is 0 Å². The van der Waals surface area contributed by atoms with Gasteiger partial charge in [-0.15, -0.1) is 5.10 Å². The maximum atomic E-state index is 4.83. The lowest BCUT2D eigenvalue weighted by atomic mass is 9.97. The van der Waals surface area contributed by atoms with Gasteiger partial charge in [-0.25, -0.2) is 4.98 Å². The molecule has 0 saturated carbocycles. The van der Waals surface area contributed by atoms with Crippen molar-refractivity contribution < 1.29 is 0 Å². The third-order valence-electron chi connectivity index (χ3n) is 6.00. The topological polar surface area (TPSA) is 61.3 Å². The number of rotatable bonds is 3. The van der Waals surface area contributed by atoms with Gasteiger partial charge in [0.2, 0.25) is 5.95 Å². The lowest BCUT2D eigenvalue weighted by Crippen LogP contribution is -2.47. The normalized spacial score (nSPS) is 20.1. The molecule has 142 valence electrons. The average Bonchev–Trinajstić information content (AvgIpc) is 3.29. The van der Waals surface area contributed by atoms with Gasteiger partial charge in [-0.1, -0.05) is 0 Å². The summed E-state index contributed by atoms with van der Waals surface area (Å²) in [5.41, 5.74) is 2.61. The van der Waals surface area contributed by atoms with Gasteiger partial charge in [0.1, 0.15) is 5.82 Å². The fraction of sp³-hybridized carbons (Fsp3) is 0.600. The molecule has 1 aliphatic carbocycles. The minimum atomic E-state index is 0.882. The highest BCUT2D eigenvalue weighted by Crippen LogP contribution is 2.24. The van der Waals surface area contributed by atoms with E-state index in [1.54, 1.807) is 0 Å². The molecule has 0 bridgehead atoms. The Hall–Kier alpha value is -2.44. The lowest BCUT2D eigenvalue weighted by Gasteiger charge is -2.36. The molecular formula is C20H27N7. The molecule has 2 saturated heterocycles. The maximum Gasteiger partial charge on any atom is 0.227 e. The van der Waals surface area contributed by atoms with Crippen LogP contribution in [0.4, 0.5) is 17.6 Å². The summed E-state index contributed by atoms with van der Waals surface area (Å²) in [6.07, 6.45) is 9.15. The average molecular weight is 365 g/mol. The first-order valence-corrected chi connectivity index (χ1v) is 10.3. The number of hydrogen-bond donors (Lipinski definition) is 0. The smallest absolute Gasteiger partial charge is 0.227 e. The predicted octanol–water partition coefficient (Wildman–Crippen LogP) is 2.07. The first-order chi connectivity index (χ1) is 13.4. The molecule has 2 aliphatic heterocycles. The van der Waals surface area contributed by atoms with Crippen LogP contribution in [0.25, 0.3) is 0 Å². The summed E-state index contributed by atoms with van der Waals surface area (Å²) in [4.78, 5) is 16.3. The van der Waals surface area contributed by atoms with Crippen molar-refractivity contribution in [3.8, 4) is 0 Å². The van der Waals surface area contributed by atoms with Gasteiger partial charge >= 0.3 is 0 Å². The van der Waals surface area contributed by atoms with Crippen molar-refractivity contribution in [2.24, 2.45) is 0 Å². The van der Waals surface area contributed by atoms with Crippen molar-refractivity contribution in [2.45, 2.75) is 38.5 Å². The summed E-state index contributed by atoms with van der Waals surface area (Å²) in [5, 5.41) is 9.00. The van der Waals surface area contributed by atoms with E-state index < -0.39 is 0 Å². The van der Waals surface area contributed by atoms with Crippen molar-refractivity contribution in [2.75, 3.05) is 54.0 Å². The third-order valence-corrected chi connectivity index (χ3v) is 6.00. The van der Waals surface area contributed by atoms with Crippen LogP contribution in [0.2, 0.25) is 0 Å². The van der Waals surface area contributed by atoms with E-state index in [0.29, 0.717) is 0 Å². The summed E-state index contributed by atoms with van der Waals surface area (Å²) < 4.78 is 0. The van der Waals surface area contributed by atoms with Crippen LogP contribution in [0.15, 0.2) is 18.3 Å². The molecule has 0 atom stereocenters. The minimum absolute atomic E-state index is 0.882. The van der Waals surface area contributed by atoms with Gasteiger partial charge in [-0.3, -0.25) is 0 Å². The molecule has 3 aliphatic rings. The first-order valence-electron chi connectivity index (χ1n) is 10.3. The second-order valence-corrected chi connectivity index (χ2v) is 7.76. The molecular weight excluding hydrogens is 338 g/mol. The fourth-order valence-corrected chi connectivity index (χ4v) is 4.38. The van der Waals surface area contributed by atoms with E-state index in [1.165, 1.54) is 36.9 Å². The van der Waals surface area contributed by atoms with Crippen molar-refractivity contribution in [3.63, 3.8) is 0 Å².